The molecule has 9 heteroatoms. The smallest absolute Gasteiger partial charge is 0.337 e. The van der Waals surface area contributed by atoms with E-state index in [1.54, 1.807) is 38.3 Å². The molecule has 0 radical (unpaired) electrons. The summed E-state index contributed by atoms with van der Waals surface area (Å²) in [6.07, 6.45) is 0. The molecule has 3 N–H and O–H groups in total. The van der Waals surface area contributed by atoms with Crippen LogP contribution in [0.25, 0.3) is 0 Å². The third kappa shape index (κ3) is 5.98. The largest absolute Gasteiger partial charge is 0.497 e. The summed E-state index contributed by atoms with van der Waals surface area (Å²) in [4.78, 5) is 38.0. The predicted molar refractivity (Wildman–Crippen MR) is 104 cm³/mol. The molecular weight excluding hydrogens is 364 g/mol. The highest BCUT2D eigenvalue weighted by Crippen LogP contribution is 2.17. The molecule has 0 atom stereocenters. The second-order valence-electron chi connectivity index (χ2n) is 6.07. The summed E-state index contributed by atoms with van der Waals surface area (Å²) in [7, 11) is 1.56. The van der Waals surface area contributed by atoms with Crippen LogP contribution in [-0.2, 0) is 14.3 Å². The summed E-state index contributed by atoms with van der Waals surface area (Å²) >= 11 is 0. The molecule has 0 aromatic heterocycles. The molecule has 28 heavy (non-hydrogen) atoms. The lowest BCUT2D eigenvalue weighted by atomic mass is 10.1. The maximum Gasteiger partial charge on any atom is 0.337 e. The molecule has 0 spiro atoms. The van der Waals surface area contributed by atoms with Gasteiger partial charge in [-0.3, -0.25) is 9.69 Å². The first kappa shape index (κ1) is 21.2. The molecule has 0 bridgehead atoms. The van der Waals surface area contributed by atoms with Crippen molar-refractivity contribution in [2.24, 2.45) is 0 Å². The van der Waals surface area contributed by atoms with Crippen LogP contribution in [0, 0.1) is 0 Å². The Kier molecular flexibility index (Phi) is 7.82. The van der Waals surface area contributed by atoms with Gasteiger partial charge in [0.15, 0.2) is 0 Å². The van der Waals surface area contributed by atoms with Crippen molar-refractivity contribution in [2.75, 3.05) is 45.2 Å². The van der Waals surface area contributed by atoms with Crippen molar-refractivity contribution in [1.29, 1.82) is 0 Å². The van der Waals surface area contributed by atoms with E-state index in [1.807, 2.05) is 11.8 Å². The van der Waals surface area contributed by atoms with E-state index in [2.05, 4.69) is 16.0 Å². The first-order valence-electron chi connectivity index (χ1n) is 9.07. The molecule has 1 aromatic carbocycles. The summed E-state index contributed by atoms with van der Waals surface area (Å²) in [6.45, 7) is 4.83. The number of nitrogens with zero attached hydrogens (tertiary/aromatic N) is 1. The number of hydrogen-bond donors (Lipinski definition) is 3. The first-order valence-corrected chi connectivity index (χ1v) is 9.07. The quantitative estimate of drug-likeness (QED) is 0.545. The van der Waals surface area contributed by atoms with E-state index in [1.165, 1.54) is 0 Å². The first-order chi connectivity index (χ1) is 13.5. The Bertz CT molecular complexity index is 762. The molecule has 0 saturated carbocycles. The minimum atomic E-state index is -0.484. The van der Waals surface area contributed by atoms with Gasteiger partial charge in [0, 0.05) is 24.0 Å². The fourth-order valence-corrected chi connectivity index (χ4v) is 2.69. The van der Waals surface area contributed by atoms with E-state index < -0.39 is 5.97 Å². The van der Waals surface area contributed by atoms with Gasteiger partial charge in [0.2, 0.25) is 5.91 Å². The Morgan fingerprint density at radius 2 is 2.07 bits per heavy atom. The van der Waals surface area contributed by atoms with Crippen molar-refractivity contribution >= 4 is 23.6 Å². The lowest BCUT2D eigenvalue weighted by molar-refractivity contribution is -0.138. The van der Waals surface area contributed by atoms with Gasteiger partial charge < -0.3 is 25.4 Å². The van der Waals surface area contributed by atoms with Crippen molar-refractivity contribution < 1.29 is 23.9 Å². The molecule has 9 nitrogen and oxygen atoms in total. The number of rotatable bonds is 9. The van der Waals surface area contributed by atoms with Crippen LogP contribution >= 0.6 is 0 Å². The zero-order chi connectivity index (χ0) is 20.5. The highest BCUT2D eigenvalue weighted by molar-refractivity contribution is 5.94. The number of carbonyl (C=O) groups is 3. The predicted octanol–water partition coefficient (Wildman–Crippen LogP) is 1.09. The standard InChI is InChI=1S/C19H26N4O5/c1-4-23(12-17(24)21-13-7-6-8-14(9-13)27-3)11-16-15(18(25)28-5-2)10-20-19(26)22-16/h6-9H,4-5,10-12H2,1-3H3,(H,21,24)(H2,20,22,26). The van der Waals surface area contributed by atoms with E-state index in [0.717, 1.165) is 0 Å². The second-order valence-corrected chi connectivity index (χ2v) is 6.07. The third-order valence-electron chi connectivity index (χ3n) is 4.13. The zero-order valence-electron chi connectivity index (χ0n) is 16.3. The van der Waals surface area contributed by atoms with E-state index in [-0.39, 0.29) is 38.2 Å². The molecule has 0 saturated heterocycles. The van der Waals surface area contributed by atoms with Crippen molar-refractivity contribution in [1.82, 2.24) is 15.5 Å². The molecule has 2 rings (SSSR count). The second kappa shape index (κ2) is 10.3. The van der Waals surface area contributed by atoms with E-state index in [9.17, 15) is 14.4 Å². The SMILES string of the molecule is CCOC(=O)C1=C(CN(CC)CC(=O)Nc2cccc(OC)c2)NC(=O)NC1. The number of urea groups is 1. The van der Waals surface area contributed by atoms with Gasteiger partial charge in [-0.25, -0.2) is 9.59 Å². The van der Waals surface area contributed by atoms with Gasteiger partial charge in [-0.05, 0) is 25.6 Å². The number of nitrogens with one attached hydrogen (secondary N) is 3. The minimum absolute atomic E-state index is 0.0908. The van der Waals surface area contributed by atoms with Crippen LogP contribution < -0.4 is 20.7 Å². The van der Waals surface area contributed by atoms with Crippen LogP contribution in [0.2, 0.25) is 0 Å². The third-order valence-corrected chi connectivity index (χ3v) is 4.13. The Balaban J connectivity index is 2.05. The summed E-state index contributed by atoms with van der Waals surface area (Å²) in [5, 5.41) is 8.02. The van der Waals surface area contributed by atoms with Gasteiger partial charge in [-0.2, -0.15) is 0 Å². The fraction of sp³-hybridized carbons (Fsp3) is 0.421. The molecule has 1 aliphatic rings. The summed E-state index contributed by atoms with van der Waals surface area (Å²) < 4.78 is 10.2. The van der Waals surface area contributed by atoms with Crippen molar-refractivity contribution in [3.63, 3.8) is 0 Å². The Labute approximate surface area is 164 Å². The topological polar surface area (TPSA) is 109 Å². The van der Waals surface area contributed by atoms with Crippen LogP contribution in [-0.4, -0.2) is 62.7 Å². The van der Waals surface area contributed by atoms with E-state index >= 15 is 0 Å². The van der Waals surface area contributed by atoms with Crippen molar-refractivity contribution in [3.8, 4) is 5.75 Å². The molecule has 152 valence electrons. The highest BCUT2D eigenvalue weighted by Gasteiger charge is 2.25. The maximum atomic E-state index is 12.4. The fourth-order valence-electron chi connectivity index (χ4n) is 2.69. The highest BCUT2D eigenvalue weighted by atomic mass is 16.5. The molecule has 0 aliphatic carbocycles. The van der Waals surface area contributed by atoms with Gasteiger partial charge in [0.25, 0.3) is 0 Å². The van der Waals surface area contributed by atoms with Crippen LogP contribution in [0.15, 0.2) is 35.5 Å². The monoisotopic (exact) mass is 390 g/mol. The summed E-state index contributed by atoms with van der Waals surface area (Å²) in [5.41, 5.74) is 1.42. The lowest BCUT2D eigenvalue weighted by Crippen LogP contribution is -2.47. The molecule has 3 amide bonds. The number of likely N-dealkylation sites (N-methyl/N-ethyl adjacent to an activating group) is 1. The van der Waals surface area contributed by atoms with Crippen LogP contribution in [0.3, 0.4) is 0 Å². The molecule has 0 unspecified atom stereocenters. The lowest BCUT2D eigenvalue weighted by Gasteiger charge is -2.26. The number of anilines is 1. The Morgan fingerprint density at radius 3 is 2.75 bits per heavy atom. The summed E-state index contributed by atoms with van der Waals surface area (Å²) in [5.74, 6) is -0.0534. The Hall–Kier alpha value is -3.07. The number of ether oxygens (including phenoxy) is 2. The van der Waals surface area contributed by atoms with Gasteiger partial charge in [0.1, 0.15) is 5.75 Å². The molecular formula is C19H26N4O5. The van der Waals surface area contributed by atoms with Gasteiger partial charge in [-0.1, -0.05) is 13.0 Å². The van der Waals surface area contributed by atoms with Crippen molar-refractivity contribution in [3.05, 3.63) is 35.5 Å². The van der Waals surface area contributed by atoms with Crippen LogP contribution in [0.1, 0.15) is 13.8 Å². The average molecular weight is 390 g/mol. The summed E-state index contributed by atoms with van der Waals surface area (Å²) in [6, 6.07) is 6.68. The maximum absolute atomic E-state index is 12.4. The van der Waals surface area contributed by atoms with Crippen LogP contribution in [0.5, 0.6) is 5.75 Å². The average Bonchev–Trinajstić information content (AvgIpc) is 2.67. The Morgan fingerprint density at radius 1 is 1.29 bits per heavy atom. The molecule has 1 heterocycles. The number of esters is 1. The van der Waals surface area contributed by atoms with E-state index in [0.29, 0.717) is 29.3 Å². The van der Waals surface area contributed by atoms with Crippen molar-refractivity contribution in [2.45, 2.75) is 13.8 Å². The minimum Gasteiger partial charge on any atom is -0.497 e. The number of benzene rings is 1. The van der Waals surface area contributed by atoms with Crippen LogP contribution in [0.4, 0.5) is 10.5 Å². The normalized spacial score (nSPS) is 13.6. The van der Waals surface area contributed by atoms with E-state index in [4.69, 9.17) is 9.47 Å². The zero-order valence-corrected chi connectivity index (χ0v) is 16.3. The number of amides is 3. The van der Waals surface area contributed by atoms with Gasteiger partial charge >= 0.3 is 12.0 Å². The molecule has 1 aromatic rings. The van der Waals surface area contributed by atoms with Gasteiger partial charge in [-0.15, -0.1) is 0 Å². The molecule has 1 aliphatic heterocycles. The molecule has 0 fully saturated rings. The number of methoxy groups -OCH3 is 1. The number of hydrogen-bond acceptors (Lipinski definition) is 6. The van der Waals surface area contributed by atoms with Gasteiger partial charge in [0.05, 0.1) is 32.4 Å². The number of carbonyl (C=O) groups excluding carboxylic acids is 3.